The van der Waals surface area contributed by atoms with E-state index in [0.29, 0.717) is 17.0 Å². The summed E-state index contributed by atoms with van der Waals surface area (Å²) >= 11 is 0. The van der Waals surface area contributed by atoms with Crippen molar-refractivity contribution in [2.45, 2.75) is 31.7 Å². The van der Waals surface area contributed by atoms with Crippen LogP contribution in [0, 0.1) is 5.92 Å². The first-order valence-corrected chi connectivity index (χ1v) is 8.53. The van der Waals surface area contributed by atoms with Gasteiger partial charge in [0.15, 0.2) is 6.61 Å². The van der Waals surface area contributed by atoms with Gasteiger partial charge in [0.05, 0.1) is 5.69 Å². The van der Waals surface area contributed by atoms with Crippen LogP contribution in [0.2, 0.25) is 0 Å². The molecule has 0 spiro atoms. The summed E-state index contributed by atoms with van der Waals surface area (Å²) in [6.07, 6.45) is 4.35. The maximum atomic E-state index is 12.5. The third-order valence-electron chi connectivity index (χ3n) is 4.68. The van der Waals surface area contributed by atoms with Crippen molar-refractivity contribution < 1.29 is 14.3 Å². The molecular formula is C18H25N3O3. The van der Waals surface area contributed by atoms with Crippen LogP contribution in [0.1, 0.15) is 36.0 Å². The standard InChI is InChI=1S/C18H25N3O3/c1-21(2)10-12-3-6-14(7-4-12)19-18(23)13-5-8-16-15(9-13)20-17(22)11-24-16/h5,8-9,12,14H,3-4,6-7,10-11H2,1-2H3,(H,19,23)(H,20,22). The van der Waals surface area contributed by atoms with Gasteiger partial charge in [-0.1, -0.05) is 0 Å². The van der Waals surface area contributed by atoms with Crippen LogP contribution in [0.3, 0.4) is 0 Å². The van der Waals surface area contributed by atoms with Crippen LogP contribution < -0.4 is 15.4 Å². The Morgan fingerprint density at radius 1 is 1.29 bits per heavy atom. The average Bonchev–Trinajstić information content (AvgIpc) is 2.55. The van der Waals surface area contributed by atoms with Crippen molar-refractivity contribution in [3.8, 4) is 5.75 Å². The molecule has 3 rings (SSSR count). The number of nitrogens with one attached hydrogen (secondary N) is 2. The molecule has 2 aliphatic rings. The number of anilines is 1. The molecule has 0 saturated heterocycles. The third kappa shape index (κ3) is 4.06. The Kier molecular flexibility index (Phi) is 5.04. The van der Waals surface area contributed by atoms with E-state index in [4.69, 9.17) is 4.74 Å². The second-order valence-corrected chi connectivity index (χ2v) is 7.00. The number of rotatable bonds is 4. The fourth-order valence-electron chi connectivity index (χ4n) is 3.50. The summed E-state index contributed by atoms with van der Waals surface area (Å²) in [6.45, 7) is 1.14. The molecule has 1 aromatic rings. The summed E-state index contributed by atoms with van der Waals surface area (Å²) in [5, 5.41) is 5.86. The lowest BCUT2D eigenvalue weighted by atomic mass is 9.85. The molecule has 24 heavy (non-hydrogen) atoms. The number of hydrogen-bond donors (Lipinski definition) is 2. The Morgan fingerprint density at radius 2 is 2.04 bits per heavy atom. The van der Waals surface area contributed by atoms with Gasteiger partial charge in [-0.2, -0.15) is 0 Å². The molecule has 130 valence electrons. The minimum absolute atomic E-state index is 0.0226. The molecule has 6 heteroatoms. The van der Waals surface area contributed by atoms with Crippen molar-refractivity contribution in [3.05, 3.63) is 23.8 Å². The van der Waals surface area contributed by atoms with Crippen molar-refractivity contribution in [2.75, 3.05) is 32.6 Å². The maximum Gasteiger partial charge on any atom is 0.262 e. The van der Waals surface area contributed by atoms with Gasteiger partial charge >= 0.3 is 0 Å². The summed E-state index contributed by atoms with van der Waals surface area (Å²) in [6, 6.07) is 5.39. The summed E-state index contributed by atoms with van der Waals surface area (Å²) in [7, 11) is 4.21. The normalized spacial score (nSPS) is 23.2. The van der Waals surface area contributed by atoms with E-state index in [0.717, 1.165) is 38.1 Å². The first-order chi connectivity index (χ1) is 11.5. The van der Waals surface area contributed by atoms with E-state index < -0.39 is 0 Å². The number of ether oxygens (including phenoxy) is 1. The van der Waals surface area contributed by atoms with E-state index >= 15 is 0 Å². The third-order valence-corrected chi connectivity index (χ3v) is 4.68. The molecule has 0 radical (unpaired) electrons. The molecule has 2 amide bonds. The molecule has 1 saturated carbocycles. The van der Waals surface area contributed by atoms with Gasteiger partial charge in [0.25, 0.3) is 11.8 Å². The van der Waals surface area contributed by atoms with Crippen LogP contribution >= 0.6 is 0 Å². The number of hydrogen-bond acceptors (Lipinski definition) is 4. The molecule has 1 aromatic carbocycles. The minimum Gasteiger partial charge on any atom is -0.482 e. The first kappa shape index (κ1) is 16.8. The predicted molar refractivity (Wildman–Crippen MR) is 92.3 cm³/mol. The number of benzene rings is 1. The summed E-state index contributed by atoms with van der Waals surface area (Å²) in [5.41, 5.74) is 1.11. The van der Waals surface area contributed by atoms with Crippen LogP contribution in [-0.4, -0.2) is 50.0 Å². The second kappa shape index (κ2) is 7.21. The first-order valence-electron chi connectivity index (χ1n) is 8.53. The molecule has 6 nitrogen and oxygen atoms in total. The van der Waals surface area contributed by atoms with Gasteiger partial charge in [-0.15, -0.1) is 0 Å². The lowest BCUT2D eigenvalue weighted by Gasteiger charge is -2.30. The Morgan fingerprint density at radius 3 is 2.75 bits per heavy atom. The highest BCUT2D eigenvalue weighted by Gasteiger charge is 2.24. The van der Waals surface area contributed by atoms with Crippen LogP contribution in [0.15, 0.2) is 18.2 Å². The number of amides is 2. The number of fused-ring (bicyclic) bond motifs is 1. The molecule has 0 aromatic heterocycles. The van der Waals surface area contributed by atoms with Gasteiger partial charge in [0.2, 0.25) is 0 Å². The second-order valence-electron chi connectivity index (χ2n) is 7.00. The summed E-state index contributed by atoms with van der Waals surface area (Å²) < 4.78 is 5.32. The molecule has 1 aliphatic carbocycles. The molecule has 1 aliphatic heterocycles. The summed E-state index contributed by atoms with van der Waals surface area (Å²) in [4.78, 5) is 26.1. The van der Waals surface area contributed by atoms with Gasteiger partial charge in [0.1, 0.15) is 5.75 Å². The zero-order valence-corrected chi connectivity index (χ0v) is 14.3. The molecule has 1 heterocycles. The van der Waals surface area contributed by atoms with Gasteiger partial charge in [-0.3, -0.25) is 9.59 Å². The lowest BCUT2D eigenvalue weighted by molar-refractivity contribution is -0.118. The molecular weight excluding hydrogens is 306 g/mol. The van der Waals surface area contributed by atoms with Crippen molar-refractivity contribution in [2.24, 2.45) is 5.92 Å². The highest BCUT2D eigenvalue weighted by molar-refractivity contribution is 5.99. The van der Waals surface area contributed by atoms with Crippen molar-refractivity contribution in [1.29, 1.82) is 0 Å². The Hall–Kier alpha value is -2.08. The lowest BCUT2D eigenvalue weighted by Crippen LogP contribution is -2.39. The maximum absolute atomic E-state index is 12.5. The number of carbonyl (C=O) groups is 2. The van der Waals surface area contributed by atoms with Crippen LogP contribution in [0.5, 0.6) is 5.75 Å². The molecule has 1 fully saturated rings. The van der Waals surface area contributed by atoms with Gasteiger partial charge in [-0.25, -0.2) is 0 Å². The molecule has 2 N–H and O–H groups in total. The van der Waals surface area contributed by atoms with Gasteiger partial charge in [-0.05, 0) is 63.9 Å². The van der Waals surface area contributed by atoms with Crippen molar-refractivity contribution in [3.63, 3.8) is 0 Å². The van der Waals surface area contributed by atoms with E-state index in [1.54, 1.807) is 18.2 Å². The Balaban J connectivity index is 1.56. The van der Waals surface area contributed by atoms with Crippen LogP contribution in [0.4, 0.5) is 5.69 Å². The van der Waals surface area contributed by atoms with Crippen molar-refractivity contribution >= 4 is 17.5 Å². The van der Waals surface area contributed by atoms with E-state index in [9.17, 15) is 9.59 Å². The topological polar surface area (TPSA) is 70.7 Å². The molecule has 0 atom stereocenters. The van der Waals surface area contributed by atoms with Crippen LogP contribution in [0.25, 0.3) is 0 Å². The monoisotopic (exact) mass is 331 g/mol. The Labute approximate surface area is 142 Å². The van der Waals surface area contributed by atoms with E-state index in [2.05, 4.69) is 29.6 Å². The fourth-order valence-corrected chi connectivity index (χ4v) is 3.50. The predicted octanol–water partition coefficient (Wildman–Crippen LogP) is 1.87. The van der Waals surface area contributed by atoms with E-state index in [1.165, 1.54) is 0 Å². The largest absolute Gasteiger partial charge is 0.482 e. The van der Waals surface area contributed by atoms with Crippen molar-refractivity contribution in [1.82, 2.24) is 10.2 Å². The molecule has 0 unspecified atom stereocenters. The highest BCUT2D eigenvalue weighted by atomic mass is 16.5. The fraction of sp³-hybridized carbons (Fsp3) is 0.556. The quantitative estimate of drug-likeness (QED) is 0.884. The van der Waals surface area contributed by atoms with Gasteiger partial charge in [0, 0.05) is 18.2 Å². The smallest absolute Gasteiger partial charge is 0.262 e. The SMILES string of the molecule is CN(C)CC1CCC(NC(=O)c2ccc3c(c2)NC(=O)CO3)CC1. The van der Waals surface area contributed by atoms with E-state index in [1.807, 2.05) is 0 Å². The minimum atomic E-state index is -0.195. The number of carbonyl (C=O) groups excluding carboxylic acids is 2. The average molecular weight is 331 g/mol. The Bertz CT molecular complexity index is 622. The summed E-state index contributed by atoms with van der Waals surface area (Å²) in [5.74, 6) is 1.05. The molecule has 0 bridgehead atoms. The highest BCUT2D eigenvalue weighted by Crippen LogP contribution is 2.29. The van der Waals surface area contributed by atoms with Crippen LogP contribution in [-0.2, 0) is 4.79 Å². The zero-order valence-electron chi connectivity index (χ0n) is 14.3. The zero-order chi connectivity index (χ0) is 17.1. The number of nitrogens with zero attached hydrogens (tertiary/aromatic N) is 1. The van der Waals surface area contributed by atoms with E-state index in [-0.39, 0.29) is 24.5 Å². The van der Waals surface area contributed by atoms with Gasteiger partial charge < -0.3 is 20.3 Å².